The number of esters is 1. The second-order valence-electron chi connectivity index (χ2n) is 5.02. The Labute approximate surface area is 102 Å². The molecule has 2 atom stereocenters. The van der Waals surface area contributed by atoms with Gasteiger partial charge in [-0.25, -0.2) is 0 Å². The van der Waals surface area contributed by atoms with Gasteiger partial charge in [-0.1, -0.05) is 25.5 Å². The Morgan fingerprint density at radius 2 is 2.12 bits per heavy atom. The van der Waals surface area contributed by atoms with Gasteiger partial charge in [-0.2, -0.15) is 0 Å². The molecule has 0 radical (unpaired) electrons. The van der Waals surface area contributed by atoms with E-state index < -0.39 is 29.2 Å². The van der Waals surface area contributed by atoms with Crippen LogP contribution in [0.5, 0.6) is 0 Å². The number of aliphatic carboxylic acids is 1. The lowest BCUT2D eigenvalue weighted by Crippen LogP contribution is -2.43. The van der Waals surface area contributed by atoms with Crippen molar-refractivity contribution in [2.45, 2.75) is 34.1 Å². The minimum absolute atomic E-state index is 0.283. The van der Waals surface area contributed by atoms with Crippen molar-refractivity contribution in [2.24, 2.45) is 17.3 Å². The summed E-state index contributed by atoms with van der Waals surface area (Å²) in [7, 11) is 0. The van der Waals surface area contributed by atoms with Gasteiger partial charge in [-0.3, -0.25) is 9.59 Å². The molecule has 0 saturated carbocycles. The molecule has 0 aromatic carbocycles. The van der Waals surface area contributed by atoms with Crippen molar-refractivity contribution in [2.75, 3.05) is 6.61 Å². The number of hydrogen-bond acceptors (Lipinski definition) is 3. The van der Waals surface area contributed by atoms with Gasteiger partial charge in [0.25, 0.3) is 0 Å². The van der Waals surface area contributed by atoms with E-state index in [0.717, 1.165) is 5.57 Å². The molecule has 0 bridgehead atoms. The lowest BCUT2D eigenvalue weighted by atomic mass is 9.63. The molecule has 0 heterocycles. The minimum atomic E-state index is -0.930. The predicted molar refractivity (Wildman–Crippen MR) is 63.4 cm³/mol. The van der Waals surface area contributed by atoms with Crippen LogP contribution in [0.15, 0.2) is 11.6 Å². The highest BCUT2D eigenvalue weighted by Crippen LogP contribution is 2.45. The van der Waals surface area contributed by atoms with Gasteiger partial charge in [0.05, 0.1) is 18.4 Å². The van der Waals surface area contributed by atoms with Gasteiger partial charge in [0.15, 0.2) is 0 Å². The van der Waals surface area contributed by atoms with Crippen LogP contribution >= 0.6 is 0 Å². The van der Waals surface area contributed by atoms with E-state index in [1.54, 1.807) is 6.92 Å². The van der Waals surface area contributed by atoms with Crippen molar-refractivity contribution in [3.63, 3.8) is 0 Å². The summed E-state index contributed by atoms with van der Waals surface area (Å²) in [5, 5.41) is 9.34. The second kappa shape index (κ2) is 4.90. The first-order chi connectivity index (χ1) is 7.82. The van der Waals surface area contributed by atoms with Gasteiger partial charge in [-0.15, -0.1) is 0 Å². The molecule has 1 rings (SSSR count). The number of ether oxygens (including phenoxy) is 1. The van der Waals surface area contributed by atoms with Crippen LogP contribution < -0.4 is 0 Å². The quantitative estimate of drug-likeness (QED) is 0.607. The summed E-state index contributed by atoms with van der Waals surface area (Å²) in [5.74, 6) is -2.63. The van der Waals surface area contributed by atoms with E-state index in [9.17, 15) is 14.7 Å². The highest BCUT2D eigenvalue weighted by atomic mass is 16.5. The Bertz CT molecular complexity index is 354. The number of carbonyl (C=O) groups is 2. The van der Waals surface area contributed by atoms with Crippen LogP contribution in [0.2, 0.25) is 0 Å². The van der Waals surface area contributed by atoms with Crippen molar-refractivity contribution < 1.29 is 19.4 Å². The van der Waals surface area contributed by atoms with E-state index in [1.807, 2.05) is 26.8 Å². The van der Waals surface area contributed by atoms with E-state index in [1.165, 1.54) is 0 Å². The third-order valence-electron chi connectivity index (χ3n) is 3.73. The number of allylic oxidation sites excluding steroid dienone is 2. The van der Waals surface area contributed by atoms with Crippen molar-refractivity contribution in [1.82, 2.24) is 0 Å². The molecule has 0 amide bonds. The molecule has 1 aliphatic rings. The van der Waals surface area contributed by atoms with Crippen LogP contribution in [0.1, 0.15) is 34.1 Å². The molecule has 0 fully saturated rings. The molecule has 0 saturated heterocycles. The molecule has 17 heavy (non-hydrogen) atoms. The fraction of sp³-hybridized carbons (Fsp3) is 0.692. The van der Waals surface area contributed by atoms with Gasteiger partial charge in [0.2, 0.25) is 0 Å². The largest absolute Gasteiger partial charge is 0.481 e. The highest BCUT2D eigenvalue weighted by Gasteiger charge is 2.47. The summed E-state index contributed by atoms with van der Waals surface area (Å²) in [5.41, 5.74) is 0.507. The zero-order valence-corrected chi connectivity index (χ0v) is 10.8. The number of carboxylic acid groups (broad SMARTS) is 1. The summed E-state index contributed by atoms with van der Waals surface area (Å²) in [6.45, 7) is 7.65. The van der Waals surface area contributed by atoms with Crippen molar-refractivity contribution in [3.05, 3.63) is 11.6 Å². The summed E-state index contributed by atoms with van der Waals surface area (Å²) in [4.78, 5) is 23.2. The topological polar surface area (TPSA) is 63.6 Å². The van der Waals surface area contributed by atoms with E-state index in [-0.39, 0.29) is 6.61 Å². The number of hydrogen-bond donors (Lipinski definition) is 1. The lowest BCUT2D eigenvalue weighted by Gasteiger charge is -2.40. The van der Waals surface area contributed by atoms with E-state index >= 15 is 0 Å². The lowest BCUT2D eigenvalue weighted by molar-refractivity contribution is -0.161. The maximum absolute atomic E-state index is 11.8. The Kier molecular flexibility index (Phi) is 3.96. The van der Waals surface area contributed by atoms with Crippen LogP contribution in [0, 0.1) is 17.3 Å². The first-order valence-electron chi connectivity index (χ1n) is 5.89. The Hall–Kier alpha value is -1.32. The number of carbonyl (C=O) groups excluding carboxylic acids is 1. The molecule has 96 valence electrons. The third kappa shape index (κ3) is 2.51. The molecular formula is C13H20O4. The Morgan fingerprint density at radius 3 is 2.59 bits per heavy atom. The number of carboxylic acids is 1. The molecular weight excluding hydrogens is 220 g/mol. The fourth-order valence-corrected chi connectivity index (χ4v) is 2.41. The molecule has 2 unspecified atom stereocenters. The van der Waals surface area contributed by atoms with Crippen molar-refractivity contribution in [3.8, 4) is 0 Å². The normalized spacial score (nSPS) is 27.2. The van der Waals surface area contributed by atoms with Crippen LogP contribution in [-0.2, 0) is 14.3 Å². The monoisotopic (exact) mass is 240 g/mol. The molecule has 0 aliphatic heterocycles. The smallest absolute Gasteiger partial charge is 0.310 e. The maximum Gasteiger partial charge on any atom is 0.310 e. The van der Waals surface area contributed by atoms with Crippen molar-refractivity contribution in [1.29, 1.82) is 0 Å². The van der Waals surface area contributed by atoms with Gasteiger partial charge in [0, 0.05) is 0 Å². The van der Waals surface area contributed by atoms with Gasteiger partial charge in [0.1, 0.15) is 0 Å². The third-order valence-corrected chi connectivity index (χ3v) is 3.73. The summed E-state index contributed by atoms with van der Waals surface area (Å²) in [6, 6.07) is 0. The fourth-order valence-electron chi connectivity index (χ4n) is 2.41. The zero-order chi connectivity index (χ0) is 13.2. The Balaban J connectivity index is 3.07. The summed E-state index contributed by atoms with van der Waals surface area (Å²) >= 11 is 0. The molecule has 0 aromatic heterocycles. The highest BCUT2D eigenvalue weighted by molar-refractivity contribution is 5.82. The minimum Gasteiger partial charge on any atom is -0.481 e. The standard InChI is InChI=1S/C13H20O4/c1-5-17-12(16)9-7-6-8(2)13(3,4)10(9)11(14)15/h6,9-10H,5,7H2,1-4H3,(H,14,15). The second-order valence-corrected chi connectivity index (χ2v) is 5.02. The first-order valence-corrected chi connectivity index (χ1v) is 5.89. The van der Waals surface area contributed by atoms with Crippen LogP contribution in [0.4, 0.5) is 0 Å². The van der Waals surface area contributed by atoms with Gasteiger partial charge >= 0.3 is 11.9 Å². The maximum atomic E-state index is 11.8. The molecule has 0 aromatic rings. The molecule has 4 heteroatoms. The van der Waals surface area contributed by atoms with Crippen molar-refractivity contribution >= 4 is 11.9 Å². The molecule has 4 nitrogen and oxygen atoms in total. The van der Waals surface area contributed by atoms with E-state index in [2.05, 4.69) is 0 Å². The van der Waals surface area contributed by atoms with E-state index in [0.29, 0.717) is 6.42 Å². The first kappa shape index (κ1) is 13.7. The average Bonchev–Trinajstić information content (AvgIpc) is 2.21. The SMILES string of the molecule is CCOC(=O)C1CC=C(C)C(C)(C)C1C(=O)O. The summed E-state index contributed by atoms with van der Waals surface area (Å²) in [6.07, 6.45) is 2.39. The predicted octanol–water partition coefficient (Wildman–Crippen LogP) is 2.24. The van der Waals surface area contributed by atoms with E-state index in [4.69, 9.17) is 4.74 Å². The zero-order valence-electron chi connectivity index (χ0n) is 10.8. The van der Waals surface area contributed by atoms with Crippen LogP contribution in [-0.4, -0.2) is 23.7 Å². The summed E-state index contributed by atoms with van der Waals surface area (Å²) < 4.78 is 4.96. The number of rotatable bonds is 3. The van der Waals surface area contributed by atoms with Gasteiger partial charge in [-0.05, 0) is 25.7 Å². The van der Waals surface area contributed by atoms with Crippen LogP contribution in [0.25, 0.3) is 0 Å². The molecule has 1 N–H and O–H groups in total. The van der Waals surface area contributed by atoms with Crippen LogP contribution in [0.3, 0.4) is 0 Å². The molecule has 0 spiro atoms. The molecule has 1 aliphatic carbocycles. The average molecular weight is 240 g/mol. The Morgan fingerprint density at radius 1 is 1.53 bits per heavy atom. The van der Waals surface area contributed by atoms with Gasteiger partial charge < -0.3 is 9.84 Å².